The van der Waals surface area contributed by atoms with Gasteiger partial charge < -0.3 is 16.2 Å². The van der Waals surface area contributed by atoms with E-state index in [9.17, 15) is 0 Å². The summed E-state index contributed by atoms with van der Waals surface area (Å²) in [5.74, 6) is 0.480. The SMILES string of the molecule is NCC1CNCC(O)C1. The Bertz CT molecular complexity index is 87.1. The molecule has 3 nitrogen and oxygen atoms in total. The molecule has 1 aliphatic rings. The van der Waals surface area contributed by atoms with Crippen LogP contribution >= 0.6 is 0 Å². The highest BCUT2D eigenvalue weighted by atomic mass is 16.3. The third kappa shape index (κ3) is 1.93. The molecule has 2 atom stereocenters. The summed E-state index contributed by atoms with van der Waals surface area (Å²) in [7, 11) is 0. The van der Waals surface area contributed by atoms with Gasteiger partial charge in [-0.05, 0) is 25.4 Å². The topological polar surface area (TPSA) is 58.3 Å². The maximum atomic E-state index is 9.09. The van der Waals surface area contributed by atoms with E-state index in [1.54, 1.807) is 0 Å². The minimum atomic E-state index is -0.174. The molecule has 0 amide bonds. The third-order valence-corrected chi connectivity index (χ3v) is 1.75. The van der Waals surface area contributed by atoms with E-state index in [0.717, 1.165) is 19.5 Å². The van der Waals surface area contributed by atoms with E-state index in [1.807, 2.05) is 0 Å². The number of rotatable bonds is 1. The van der Waals surface area contributed by atoms with Gasteiger partial charge in [0.15, 0.2) is 0 Å². The first kappa shape index (κ1) is 6.99. The van der Waals surface area contributed by atoms with Crippen LogP contribution in [0.1, 0.15) is 6.42 Å². The number of aliphatic hydroxyl groups is 1. The van der Waals surface area contributed by atoms with Crippen LogP contribution in [0.5, 0.6) is 0 Å². The number of nitrogens with two attached hydrogens (primary N) is 1. The van der Waals surface area contributed by atoms with Crippen LogP contribution in [-0.4, -0.2) is 30.8 Å². The van der Waals surface area contributed by atoms with E-state index in [4.69, 9.17) is 10.8 Å². The van der Waals surface area contributed by atoms with Crippen LogP contribution in [0.25, 0.3) is 0 Å². The zero-order chi connectivity index (χ0) is 6.69. The van der Waals surface area contributed by atoms with E-state index >= 15 is 0 Å². The first-order chi connectivity index (χ1) is 4.33. The third-order valence-electron chi connectivity index (χ3n) is 1.75. The molecule has 9 heavy (non-hydrogen) atoms. The van der Waals surface area contributed by atoms with E-state index in [1.165, 1.54) is 0 Å². The van der Waals surface area contributed by atoms with Crippen LogP contribution < -0.4 is 11.1 Å². The Morgan fingerprint density at radius 2 is 2.33 bits per heavy atom. The monoisotopic (exact) mass is 130 g/mol. The molecule has 0 spiro atoms. The van der Waals surface area contributed by atoms with Gasteiger partial charge in [0.1, 0.15) is 0 Å². The molecule has 0 aromatic rings. The molecule has 0 saturated carbocycles. The summed E-state index contributed by atoms with van der Waals surface area (Å²) in [6.07, 6.45) is 0.691. The molecule has 3 heteroatoms. The molecule has 1 aliphatic heterocycles. The average Bonchev–Trinajstić information content (AvgIpc) is 1.88. The van der Waals surface area contributed by atoms with E-state index in [2.05, 4.69) is 5.32 Å². The molecular formula is C6H14N2O. The normalized spacial score (nSPS) is 36.7. The van der Waals surface area contributed by atoms with Gasteiger partial charge in [0.25, 0.3) is 0 Å². The summed E-state index contributed by atoms with van der Waals surface area (Å²) in [4.78, 5) is 0. The largest absolute Gasteiger partial charge is 0.392 e. The van der Waals surface area contributed by atoms with E-state index in [-0.39, 0.29) is 6.10 Å². The molecule has 1 fully saturated rings. The Kier molecular flexibility index (Phi) is 2.45. The standard InChI is InChI=1S/C6H14N2O/c7-2-5-1-6(9)4-8-3-5/h5-6,8-9H,1-4,7H2. The van der Waals surface area contributed by atoms with Gasteiger partial charge in [-0.25, -0.2) is 0 Å². The lowest BCUT2D eigenvalue weighted by Crippen LogP contribution is -2.41. The van der Waals surface area contributed by atoms with Gasteiger partial charge in [0, 0.05) is 6.54 Å². The fraction of sp³-hybridized carbons (Fsp3) is 1.00. The molecular weight excluding hydrogens is 116 g/mol. The van der Waals surface area contributed by atoms with Crippen LogP contribution in [0.2, 0.25) is 0 Å². The second kappa shape index (κ2) is 3.15. The highest BCUT2D eigenvalue weighted by Gasteiger charge is 2.17. The van der Waals surface area contributed by atoms with Gasteiger partial charge >= 0.3 is 0 Å². The summed E-state index contributed by atoms with van der Waals surface area (Å²) in [6, 6.07) is 0. The van der Waals surface area contributed by atoms with Crippen LogP contribution in [0, 0.1) is 5.92 Å². The lowest BCUT2D eigenvalue weighted by atomic mass is 9.98. The number of piperidine rings is 1. The van der Waals surface area contributed by atoms with Crippen molar-refractivity contribution in [2.45, 2.75) is 12.5 Å². The van der Waals surface area contributed by atoms with Gasteiger partial charge in [0.2, 0.25) is 0 Å². The fourth-order valence-electron chi connectivity index (χ4n) is 1.19. The van der Waals surface area contributed by atoms with E-state index in [0.29, 0.717) is 12.5 Å². The van der Waals surface area contributed by atoms with Crippen LogP contribution in [-0.2, 0) is 0 Å². The summed E-state index contributed by atoms with van der Waals surface area (Å²) in [6.45, 7) is 2.38. The van der Waals surface area contributed by atoms with Gasteiger partial charge in [-0.1, -0.05) is 0 Å². The van der Waals surface area contributed by atoms with Gasteiger partial charge in [-0.3, -0.25) is 0 Å². The fourth-order valence-corrected chi connectivity index (χ4v) is 1.19. The Hall–Kier alpha value is -0.120. The molecule has 1 saturated heterocycles. The lowest BCUT2D eigenvalue weighted by molar-refractivity contribution is 0.116. The highest BCUT2D eigenvalue weighted by molar-refractivity contribution is 4.75. The molecule has 1 heterocycles. The van der Waals surface area contributed by atoms with E-state index < -0.39 is 0 Å². The quantitative estimate of drug-likeness (QED) is 0.423. The molecule has 54 valence electrons. The first-order valence-electron chi connectivity index (χ1n) is 3.41. The number of β-amino-alcohol motifs (C(OH)–C–C–N with tert-alkyl or cyclic N) is 1. The molecule has 0 aromatic heterocycles. The first-order valence-corrected chi connectivity index (χ1v) is 3.41. The van der Waals surface area contributed by atoms with Crippen molar-refractivity contribution in [3.8, 4) is 0 Å². The van der Waals surface area contributed by atoms with Crippen molar-refractivity contribution in [1.29, 1.82) is 0 Å². The summed E-state index contributed by atoms with van der Waals surface area (Å²) < 4.78 is 0. The highest BCUT2D eigenvalue weighted by Crippen LogP contribution is 2.07. The molecule has 0 radical (unpaired) electrons. The molecule has 0 aliphatic carbocycles. The second-order valence-electron chi connectivity index (χ2n) is 2.65. The molecule has 0 bridgehead atoms. The van der Waals surface area contributed by atoms with Crippen molar-refractivity contribution < 1.29 is 5.11 Å². The summed E-state index contributed by atoms with van der Waals surface area (Å²) in [5, 5.41) is 12.2. The predicted molar refractivity (Wildman–Crippen MR) is 36.0 cm³/mol. The van der Waals surface area contributed by atoms with Crippen LogP contribution in [0.4, 0.5) is 0 Å². The number of hydrogen-bond donors (Lipinski definition) is 3. The molecule has 4 N–H and O–H groups in total. The number of nitrogens with one attached hydrogen (secondary N) is 1. The van der Waals surface area contributed by atoms with Crippen molar-refractivity contribution in [2.75, 3.05) is 19.6 Å². The maximum Gasteiger partial charge on any atom is 0.0668 e. The van der Waals surface area contributed by atoms with Crippen molar-refractivity contribution >= 4 is 0 Å². The zero-order valence-corrected chi connectivity index (χ0v) is 5.51. The minimum absolute atomic E-state index is 0.174. The Labute approximate surface area is 55.2 Å². The van der Waals surface area contributed by atoms with Crippen molar-refractivity contribution in [2.24, 2.45) is 11.7 Å². The van der Waals surface area contributed by atoms with Crippen LogP contribution in [0.3, 0.4) is 0 Å². The lowest BCUT2D eigenvalue weighted by Gasteiger charge is -2.25. The zero-order valence-electron chi connectivity index (χ0n) is 5.51. The van der Waals surface area contributed by atoms with Crippen LogP contribution in [0.15, 0.2) is 0 Å². The number of hydrogen-bond acceptors (Lipinski definition) is 3. The predicted octanol–water partition coefficient (Wildman–Crippen LogP) is -1.08. The summed E-state index contributed by atoms with van der Waals surface area (Å²) >= 11 is 0. The smallest absolute Gasteiger partial charge is 0.0668 e. The Morgan fingerprint density at radius 1 is 1.56 bits per heavy atom. The molecule has 0 aromatic carbocycles. The molecule has 1 rings (SSSR count). The number of aliphatic hydroxyl groups excluding tert-OH is 1. The Balaban J connectivity index is 2.23. The second-order valence-corrected chi connectivity index (χ2v) is 2.65. The van der Waals surface area contributed by atoms with Gasteiger partial charge in [-0.2, -0.15) is 0 Å². The van der Waals surface area contributed by atoms with Gasteiger partial charge in [-0.15, -0.1) is 0 Å². The Morgan fingerprint density at radius 3 is 2.78 bits per heavy atom. The van der Waals surface area contributed by atoms with Crippen molar-refractivity contribution in [3.05, 3.63) is 0 Å². The van der Waals surface area contributed by atoms with Crippen molar-refractivity contribution in [3.63, 3.8) is 0 Å². The maximum absolute atomic E-state index is 9.09. The molecule has 2 unspecified atom stereocenters. The summed E-state index contributed by atoms with van der Waals surface area (Å²) in [5.41, 5.74) is 5.41. The van der Waals surface area contributed by atoms with Crippen molar-refractivity contribution in [1.82, 2.24) is 5.32 Å². The average molecular weight is 130 g/mol. The van der Waals surface area contributed by atoms with Gasteiger partial charge in [0.05, 0.1) is 6.10 Å². The minimum Gasteiger partial charge on any atom is -0.392 e.